The zero-order chi connectivity index (χ0) is 9.10. The van der Waals surface area contributed by atoms with E-state index in [-0.39, 0.29) is 0 Å². The predicted octanol–water partition coefficient (Wildman–Crippen LogP) is 1.13. The normalized spacial score (nSPS) is 21.8. The molecule has 1 aliphatic rings. The summed E-state index contributed by atoms with van der Waals surface area (Å²) < 4.78 is 5.66. The summed E-state index contributed by atoms with van der Waals surface area (Å²) in [5, 5.41) is 3.25. The van der Waals surface area contributed by atoms with Crippen LogP contribution >= 0.6 is 0 Å². The second-order valence-corrected chi connectivity index (χ2v) is 3.41. The number of hydrogen-bond acceptors (Lipinski definition) is 3. The summed E-state index contributed by atoms with van der Waals surface area (Å²) in [7, 11) is 0. The molecule has 3 nitrogen and oxygen atoms in total. The smallest absolute Gasteiger partial charge is 0.213 e. The molecule has 70 valence electrons. The van der Waals surface area contributed by atoms with Crippen molar-refractivity contribution in [1.82, 2.24) is 10.3 Å². The first-order valence-electron chi connectivity index (χ1n) is 4.64. The lowest BCUT2D eigenvalue weighted by molar-refractivity contribution is 0.214. The standard InChI is InChI=1S/C10H14N2O/c1-8-2-3-10(12-6-8)13-9-4-5-11-7-9/h2-3,6,9,11H,4-5,7H2,1H3/t9-/m0/s1. The highest BCUT2D eigenvalue weighted by Crippen LogP contribution is 2.11. The molecule has 1 aliphatic heterocycles. The third-order valence-corrected chi connectivity index (χ3v) is 2.19. The third-order valence-electron chi connectivity index (χ3n) is 2.19. The Hall–Kier alpha value is -1.09. The van der Waals surface area contributed by atoms with E-state index < -0.39 is 0 Å². The second kappa shape index (κ2) is 3.75. The Balaban J connectivity index is 1.97. The van der Waals surface area contributed by atoms with Crippen LogP contribution in [0.5, 0.6) is 5.88 Å². The van der Waals surface area contributed by atoms with Crippen molar-refractivity contribution in [1.29, 1.82) is 0 Å². The van der Waals surface area contributed by atoms with Gasteiger partial charge in [-0.3, -0.25) is 0 Å². The zero-order valence-corrected chi connectivity index (χ0v) is 7.79. The minimum absolute atomic E-state index is 0.301. The molecule has 0 saturated carbocycles. The van der Waals surface area contributed by atoms with Crippen LogP contribution < -0.4 is 10.1 Å². The summed E-state index contributed by atoms with van der Waals surface area (Å²) in [5.74, 6) is 0.735. The number of rotatable bonds is 2. The van der Waals surface area contributed by atoms with E-state index in [9.17, 15) is 0 Å². The molecule has 0 aromatic carbocycles. The number of aryl methyl sites for hydroxylation is 1. The number of ether oxygens (including phenoxy) is 1. The number of pyridine rings is 1. The van der Waals surface area contributed by atoms with Gasteiger partial charge in [0, 0.05) is 18.8 Å². The van der Waals surface area contributed by atoms with Crippen molar-refractivity contribution in [3.63, 3.8) is 0 Å². The molecular formula is C10H14N2O. The molecule has 1 aromatic heterocycles. The molecule has 0 radical (unpaired) electrons. The van der Waals surface area contributed by atoms with Crippen LogP contribution in [0.25, 0.3) is 0 Å². The Kier molecular flexibility index (Phi) is 2.45. The van der Waals surface area contributed by atoms with Crippen LogP contribution in [0.2, 0.25) is 0 Å². The van der Waals surface area contributed by atoms with Crippen LogP contribution in [-0.4, -0.2) is 24.2 Å². The van der Waals surface area contributed by atoms with Crippen LogP contribution in [0, 0.1) is 6.92 Å². The van der Waals surface area contributed by atoms with Crippen LogP contribution in [0.15, 0.2) is 18.3 Å². The fraction of sp³-hybridized carbons (Fsp3) is 0.500. The van der Waals surface area contributed by atoms with E-state index in [1.807, 2.05) is 25.3 Å². The molecule has 1 saturated heterocycles. The molecule has 1 aromatic rings. The summed E-state index contributed by atoms with van der Waals surface area (Å²) >= 11 is 0. The summed E-state index contributed by atoms with van der Waals surface area (Å²) in [4.78, 5) is 4.19. The number of hydrogen-bond donors (Lipinski definition) is 1. The molecule has 1 N–H and O–H groups in total. The first-order valence-corrected chi connectivity index (χ1v) is 4.64. The lowest BCUT2D eigenvalue weighted by Gasteiger charge is -2.10. The molecule has 2 rings (SSSR count). The van der Waals surface area contributed by atoms with Gasteiger partial charge in [0.05, 0.1) is 0 Å². The average molecular weight is 178 g/mol. The fourth-order valence-corrected chi connectivity index (χ4v) is 1.42. The largest absolute Gasteiger partial charge is 0.473 e. The average Bonchev–Trinajstić information content (AvgIpc) is 2.62. The molecule has 0 bridgehead atoms. The SMILES string of the molecule is Cc1ccc(O[C@H]2CCNC2)nc1. The maximum absolute atomic E-state index is 5.66. The lowest BCUT2D eigenvalue weighted by Crippen LogP contribution is -2.19. The van der Waals surface area contributed by atoms with Gasteiger partial charge in [0.25, 0.3) is 0 Å². The minimum atomic E-state index is 0.301. The van der Waals surface area contributed by atoms with Crippen molar-refractivity contribution >= 4 is 0 Å². The monoisotopic (exact) mass is 178 g/mol. The first-order chi connectivity index (χ1) is 6.34. The molecule has 2 heterocycles. The van der Waals surface area contributed by atoms with E-state index in [0.717, 1.165) is 31.0 Å². The molecule has 0 aliphatic carbocycles. The quantitative estimate of drug-likeness (QED) is 0.737. The van der Waals surface area contributed by atoms with Gasteiger partial charge in [-0.2, -0.15) is 0 Å². The molecule has 0 unspecified atom stereocenters. The van der Waals surface area contributed by atoms with E-state index in [1.165, 1.54) is 0 Å². The molecule has 0 amide bonds. The third kappa shape index (κ3) is 2.18. The van der Waals surface area contributed by atoms with Gasteiger partial charge in [-0.05, 0) is 25.5 Å². The highest BCUT2D eigenvalue weighted by molar-refractivity contribution is 5.16. The Morgan fingerprint density at radius 1 is 1.54 bits per heavy atom. The van der Waals surface area contributed by atoms with Crippen LogP contribution in [0.1, 0.15) is 12.0 Å². The van der Waals surface area contributed by atoms with Crippen molar-refractivity contribution in [3.05, 3.63) is 23.9 Å². The van der Waals surface area contributed by atoms with Gasteiger partial charge >= 0.3 is 0 Å². The Morgan fingerprint density at radius 2 is 2.46 bits per heavy atom. The van der Waals surface area contributed by atoms with Crippen molar-refractivity contribution < 1.29 is 4.74 Å². The highest BCUT2D eigenvalue weighted by Gasteiger charge is 2.15. The van der Waals surface area contributed by atoms with Crippen molar-refractivity contribution in [2.75, 3.05) is 13.1 Å². The molecule has 1 atom stereocenters. The number of nitrogens with zero attached hydrogens (tertiary/aromatic N) is 1. The van der Waals surface area contributed by atoms with Gasteiger partial charge in [0.2, 0.25) is 5.88 Å². The predicted molar refractivity (Wildman–Crippen MR) is 50.9 cm³/mol. The summed E-state index contributed by atoms with van der Waals surface area (Å²) in [5.41, 5.74) is 1.16. The van der Waals surface area contributed by atoms with Crippen LogP contribution in [-0.2, 0) is 0 Å². The molecule has 3 heteroatoms. The minimum Gasteiger partial charge on any atom is -0.473 e. The topological polar surface area (TPSA) is 34.1 Å². The van der Waals surface area contributed by atoms with E-state index in [1.54, 1.807) is 0 Å². The van der Waals surface area contributed by atoms with Crippen molar-refractivity contribution in [3.8, 4) is 5.88 Å². The number of nitrogens with one attached hydrogen (secondary N) is 1. The van der Waals surface area contributed by atoms with Gasteiger partial charge in [0.1, 0.15) is 6.10 Å². The Bertz CT molecular complexity index is 265. The van der Waals surface area contributed by atoms with Crippen LogP contribution in [0.4, 0.5) is 0 Å². The maximum atomic E-state index is 5.66. The van der Waals surface area contributed by atoms with E-state index in [0.29, 0.717) is 6.10 Å². The van der Waals surface area contributed by atoms with E-state index in [4.69, 9.17) is 4.74 Å². The van der Waals surface area contributed by atoms with Gasteiger partial charge in [-0.15, -0.1) is 0 Å². The summed E-state index contributed by atoms with van der Waals surface area (Å²) in [6.07, 6.45) is 3.21. The maximum Gasteiger partial charge on any atom is 0.213 e. The van der Waals surface area contributed by atoms with Crippen molar-refractivity contribution in [2.24, 2.45) is 0 Å². The van der Waals surface area contributed by atoms with E-state index in [2.05, 4.69) is 10.3 Å². The van der Waals surface area contributed by atoms with Gasteiger partial charge < -0.3 is 10.1 Å². The van der Waals surface area contributed by atoms with Gasteiger partial charge in [0.15, 0.2) is 0 Å². The van der Waals surface area contributed by atoms with Crippen molar-refractivity contribution in [2.45, 2.75) is 19.4 Å². The van der Waals surface area contributed by atoms with Gasteiger partial charge in [-0.1, -0.05) is 6.07 Å². The fourth-order valence-electron chi connectivity index (χ4n) is 1.42. The first kappa shape index (κ1) is 8.51. The highest BCUT2D eigenvalue weighted by atomic mass is 16.5. The van der Waals surface area contributed by atoms with Crippen LogP contribution in [0.3, 0.4) is 0 Å². The molecule has 13 heavy (non-hydrogen) atoms. The Labute approximate surface area is 78.1 Å². The Morgan fingerprint density at radius 3 is 3.08 bits per heavy atom. The molecule has 0 spiro atoms. The molecular weight excluding hydrogens is 164 g/mol. The second-order valence-electron chi connectivity index (χ2n) is 3.41. The zero-order valence-electron chi connectivity index (χ0n) is 7.79. The van der Waals surface area contributed by atoms with E-state index >= 15 is 0 Å². The summed E-state index contributed by atoms with van der Waals surface area (Å²) in [6, 6.07) is 3.94. The number of aromatic nitrogens is 1. The molecule has 1 fully saturated rings. The van der Waals surface area contributed by atoms with Gasteiger partial charge in [-0.25, -0.2) is 4.98 Å². The summed E-state index contributed by atoms with van der Waals surface area (Å²) in [6.45, 7) is 4.01. The lowest BCUT2D eigenvalue weighted by atomic mass is 10.3.